The van der Waals surface area contributed by atoms with Crippen molar-refractivity contribution >= 4 is 0 Å². The lowest BCUT2D eigenvalue weighted by Gasteiger charge is -2.41. The lowest BCUT2D eigenvalue weighted by Crippen LogP contribution is -2.67. The van der Waals surface area contributed by atoms with E-state index in [0.29, 0.717) is 0 Å². The summed E-state index contributed by atoms with van der Waals surface area (Å²) >= 11 is 0. The molecule has 2 rings (SSSR count). The van der Waals surface area contributed by atoms with Crippen molar-refractivity contribution < 1.29 is 24.9 Å². The van der Waals surface area contributed by atoms with Crippen molar-refractivity contribution in [1.29, 1.82) is 0 Å². The molecule has 2 heterocycles. The fraction of sp³-hybridized carbons (Fsp3) is 1.00. The molecule has 0 aliphatic carbocycles. The Balaban J connectivity index is 2.02. The molecule has 7 N–H and O–H groups in total. The number of aliphatic hydroxyl groups excluding tert-OH is 3. The first-order valence-electron chi connectivity index (χ1n) is 5.08. The first-order chi connectivity index (χ1) is 7.47. The van der Waals surface area contributed by atoms with E-state index < -0.39 is 43.0 Å². The molecule has 0 unspecified atom stereocenters. The normalized spacial score (nSPS) is 52.7. The predicted molar refractivity (Wildman–Crippen MR) is 51.5 cm³/mol. The van der Waals surface area contributed by atoms with Gasteiger partial charge in [0.2, 0.25) is 5.85 Å². The number of hydrogen-bond acceptors (Lipinski definition) is 8. The van der Waals surface area contributed by atoms with Gasteiger partial charge in [-0.15, -0.1) is 0 Å². The van der Waals surface area contributed by atoms with Gasteiger partial charge in [0, 0.05) is 0 Å². The van der Waals surface area contributed by atoms with E-state index in [1.54, 1.807) is 6.92 Å². The van der Waals surface area contributed by atoms with E-state index in [2.05, 4.69) is 10.8 Å². The van der Waals surface area contributed by atoms with Crippen LogP contribution in [-0.2, 0) is 9.57 Å². The van der Waals surface area contributed by atoms with Crippen LogP contribution in [0.2, 0.25) is 0 Å². The van der Waals surface area contributed by atoms with Gasteiger partial charge in [-0.25, -0.2) is 0 Å². The van der Waals surface area contributed by atoms with Crippen molar-refractivity contribution in [2.75, 3.05) is 6.61 Å². The summed E-state index contributed by atoms with van der Waals surface area (Å²) in [6, 6.07) is -0.683. The van der Waals surface area contributed by atoms with Crippen LogP contribution in [0, 0.1) is 0 Å². The van der Waals surface area contributed by atoms with Crippen molar-refractivity contribution in [3.05, 3.63) is 0 Å². The van der Waals surface area contributed by atoms with Crippen molar-refractivity contribution in [1.82, 2.24) is 10.8 Å². The van der Waals surface area contributed by atoms with Crippen molar-refractivity contribution in [3.63, 3.8) is 0 Å². The second-order valence-corrected chi connectivity index (χ2v) is 4.21. The molecule has 0 spiro atoms. The zero-order valence-corrected chi connectivity index (χ0v) is 8.83. The quantitative estimate of drug-likeness (QED) is 0.277. The van der Waals surface area contributed by atoms with Crippen LogP contribution in [0.4, 0.5) is 0 Å². The van der Waals surface area contributed by atoms with Crippen LogP contribution < -0.4 is 16.5 Å². The van der Waals surface area contributed by atoms with Crippen LogP contribution in [0.5, 0.6) is 0 Å². The van der Waals surface area contributed by atoms with Gasteiger partial charge in [-0.1, -0.05) is 0 Å². The van der Waals surface area contributed by atoms with Gasteiger partial charge >= 0.3 is 0 Å². The minimum Gasteiger partial charge on any atom is -0.394 e. The van der Waals surface area contributed by atoms with Gasteiger partial charge in [-0.2, -0.15) is 5.48 Å². The highest BCUT2D eigenvalue weighted by molar-refractivity contribution is 4.97. The molecule has 16 heavy (non-hydrogen) atoms. The summed E-state index contributed by atoms with van der Waals surface area (Å²) in [5.41, 5.74) is 8.26. The molecule has 0 radical (unpaired) electrons. The molecular formula is C8H17N3O5. The Bertz CT molecular complexity index is 262. The van der Waals surface area contributed by atoms with Crippen molar-refractivity contribution in [3.8, 4) is 0 Å². The van der Waals surface area contributed by atoms with E-state index >= 15 is 0 Å². The Kier molecular flexibility index (Phi) is 3.16. The molecule has 6 atom stereocenters. The molecule has 8 nitrogen and oxygen atoms in total. The van der Waals surface area contributed by atoms with E-state index in [1.807, 2.05) is 0 Å². The summed E-state index contributed by atoms with van der Waals surface area (Å²) in [7, 11) is 0. The van der Waals surface area contributed by atoms with E-state index in [0.717, 1.165) is 0 Å². The summed E-state index contributed by atoms with van der Waals surface area (Å²) in [6.45, 7) is 1.31. The highest BCUT2D eigenvalue weighted by Gasteiger charge is 2.49. The van der Waals surface area contributed by atoms with Crippen LogP contribution in [0.1, 0.15) is 6.92 Å². The molecular weight excluding hydrogens is 218 g/mol. The molecule has 0 amide bonds. The summed E-state index contributed by atoms with van der Waals surface area (Å²) < 4.78 is 5.18. The maximum Gasteiger partial charge on any atom is 0.212 e. The minimum absolute atomic E-state index is 0.398. The second kappa shape index (κ2) is 4.17. The molecule has 94 valence electrons. The highest BCUT2D eigenvalue weighted by atomic mass is 16.8. The first kappa shape index (κ1) is 12.1. The molecule has 0 aromatic carbocycles. The monoisotopic (exact) mass is 235 g/mol. The smallest absolute Gasteiger partial charge is 0.212 e. The number of aliphatic hydroxyl groups is 3. The maximum absolute atomic E-state index is 9.83. The molecule has 0 saturated carbocycles. The van der Waals surface area contributed by atoms with Crippen LogP contribution in [0.25, 0.3) is 0 Å². The van der Waals surface area contributed by atoms with E-state index in [1.165, 1.54) is 0 Å². The Morgan fingerprint density at radius 2 is 2.06 bits per heavy atom. The van der Waals surface area contributed by atoms with E-state index in [4.69, 9.17) is 20.4 Å². The predicted octanol–water partition coefficient (Wildman–Crippen LogP) is -3.45. The third-order valence-corrected chi connectivity index (χ3v) is 2.81. The van der Waals surface area contributed by atoms with Crippen LogP contribution in [0.15, 0.2) is 0 Å². The van der Waals surface area contributed by atoms with Crippen LogP contribution in [-0.4, -0.2) is 58.4 Å². The summed E-state index contributed by atoms with van der Waals surface area (Å²) in [5.74, 6) is -0.752. The van der Waals surface area contributed by atoms with Gasteiger partial charge in [0.15, 0.2) is 0 Å². The fourth-order valence-electron chi connectivity index (χ4n) is 1.77. The molecule has 0 aromatic rings. The first-order valence-corrected chi connectivity index (χ1v) is 5.08. The number of hydrogen-bond donors (Lipinski definition) is 6. The molecule has 2 saturated heterocycles. The average Bonchev–Trinajstić information content (AvgIpc) is 2.97. The van der Waals surface area contributed by atoms with Gasteiger partial charge in [-0.05, 0) is 6.92 Å². The fourth-order valence-corrected chi connectivity index (χ4v) is 1.77. The minimum atomic E-state index is -1.19. The number of ether oxygens (including phenoxy) is 1. The van der Waals surface area contributed by atoms with Crippen LogP contribution in [0.3, 0.4) is 0 Å². The Labute approximate surface area is 92.3 Å². The molecule has 2 aliphatic rings. The molecule has 0 bridgehead atoms. The number of nitrogens with two attached hydrogens (primary N) is 1. The van der Waals surface area contributed by atoms with Gasteiger partial charge in [-0.3, -0.25) is 10.2 Å². The molecule has 2 aliphatic heterocycles. The Morgan fingerprint density at radius 3 is 2.56 bits per heavy atom. The lowest BCUT2D eigenvalue weighted by atomic mass is 9.96. The number of nitrogens with one attached hydrogen (secondary N) is 2. The molecule has 8 heteroatoms. The zero-order chi connectivity index (χ0) is 11.9. The largest absolute Gasteiger partial charge is 0.394 e. The van der Waals surface area contributed by atoms with E-state index in [-0.39, 0.29) is 0 Å². The van der Waals surface area contributed by atoms with Gasteiger partial charge < -0.3 is 25.8 Å². The van der Waals surface area contributed by atoms with E-state index in [9.17, 15) is 10.2 Å². The average molecular weight is 235 g/mol. The number of hydroxylamine groups is 1. The standard InChI is InChI=1S/C8H17N3O5/c1-8(11-16-8)10-4-6(14)5(13)3(2-12)15-7(4)9/h3-7,10-14H,2,9H2,1H3/t3-,4-,5-,6-,7-,8-/m1/s1. The summed E-state index contributed by atoms with van der Waals surface area (Å²) in [6.07, 6.45) is -4.03. The van der Waals surface area contributed by atoms with Crippen molar-refractivity contribution in [2.45, 2.75) is 43.4 Å². The van der Waals surface area contributed by atoms with Gasteiger partial charge in [0.1, 0.15) is 24.5 Å². The van der Waals surface area contributed by atoms with Crippen molar-refractivity contribution in [2.24, 2.45) is 5.73 Å². The molecule has 2 fully saturated rings. The van der Waals surface area contributed by atoms with Gasteiger partial charge in [0.05, 0.1) is 12.6 Å². The lowest BCUT2D eigenvalue weighted by molar-refractivity contribution is -0.195. The third kappa shape index (κ3) is 2.19. The second-order valence-electron chi connectivity index (χ2n) is 4.21. The highest BCUT2D eigenvalue weighted by Crippen LogP contribution is 2.23. The maximum atomic E-state index is 9.83. The van der Waals surface area contributed by atoms with Gasteiger partial charge in [0.25, 0.3) is 0 Å². The summed E-state index contributed by atoms with van der Waals surface area (Å²) in [4.78, 5) is 4.87. The Morgan fingerprint density at radius 1 is 1.44 bits per heavy atom. The van der Waals surface area contributed by atoms with Crippen LogP contribution >= 0.6 is 0 Å². The topological polar surface area (TPSA) is 142 Å². The number of rotatable bonds is 3. The zero-order valence-electron chi connectivity index (χ0n) is 8.83. The SMILES string of the molecule is C[C@@]1(N[C@@H]2[C@@H](O)[C@H](O)[C@@H](CO)O[C@H]2N)NO1. The molecule has 0 aromatic heterocycles. The third-order valence-electron chi connectivity index (χ3n) is 2.81. The summed E-state index contributed by atoms with van der Waals surface area (Å²) in [5, 5.41) is 31.3. The Hall–Kier alpha value is -0.320.